The van der Waals surface area contributed by atoms with Crippen LogP contribution in [0.15, 0.2) is 46.2 Å². The molecule has 148 valence electrons. The van der Waals surface area contributed by atoms with E-state index < -0.39 is 35.8 Å². The van der Waals surface area contributed by atoms with Crippen molar-refractivity contribution in [1.29, 1.82) is 0 Å². The van der Waals surface area contributed by atoms with Crippen molar-refractivity contribution in [3.05, 3.63) is 53.1 Å². The Labute approximate surface area is 168 Å². The minimum atomic E-state index is -1.43. The maximum Gasteiger partial charge on any atom is 0.325 e. The third kappa shape index (κ3) is 3.13. The lowest BCUT2D eigenvalue weighted by molar-refractivity contribution is -0.134. The van der Waals surface area contributed by atoms with E-state index in [4.69, 9.17) is 10.2 Å². The number of imide groups is 1. The highest BCUT2D eigenvalue weighted by Crippen LogP contribution is 2.33. The quantitative estimate of drug-likeness (QED) is 0.551. The summed E-state index contributed by atoms with van der Waals surface area (Å²) in [6.45, 7) is 1.00. The average molecular weight is 412 g/mol. The molecule has 1 aromatic carbocycles. The molecular weight excluding hydrogens is 396 g/mol. The van der Waals surface area contributed by atoms with Gasteiger partial charge in [0.2, 0.25) is 5.91 Å². The molecule has 29 heavy (non-hydrogen) atoms. The van der Waals surface area contributed by atoms with Crippen LogP contribution in [0.5, 0.6) is 0 Å². The van der Waals surface area contributed by atoms with Crippen molar-refractivity contribution < 1.29 is 23.6 Å². The van der Waals surface area contributed by atoms with Gasteiger partial charge in [0.15, 0.2) is 5.54 Å². The molecule has 4 rings (SSSR count). The van der Waals surface area contributed by atoms with Gasteiger partial charge in [-0.2, -0.15) is 0 Å². The van der Waals surface area contributed by atoms with E-state index in [1.54, 1.807) is 23.6 Å². The number of nitrogens with two attached hydrogens (primary N) is 1. The van der Waals surface area contributed by atoms with Crippen molar-refractivity contribution in [1.82, 2.24) is 10.2 Å². The number of nitrogens with zero attached hydrogens (tertiary/aromatic N) is 1. The number of benzene rings is 1. The molecule has 1 fully saturated rings. The normalized spacial score (nSPS) is 18.9. The van der Waals surface area contributed by atoms with E-state index >= 15 is 0 Å². The zero-order valence-corrected chi connectivity index (χ0v) is 16.0. The number of furan rings is 1. The number of primary amides is 1. The lowest BCUT2D eigenvalue weighted by Gasteiger charge is -2.18. The molecule has 1 aliphatic heterocycles. The number of hydrogen-bond donors (Lipinski definition) is 3. The van der Waals surface area contributed by atoms with Gasteiger partial charge < -0.3 is 20.8 Å². The Kier molecular flexibility index (Phi) is 4.35. The molecule has 0 radical (unpaired) electrons. The number of hydrogen-bond acceptors (Lipinski definition) is 6. The molecule has 0 aliphatic carbocycles. The van der Waals surface area contributed by atoms with E-state index in [0.717, 1.165) is 21.6 Å². The summed E-state index contributed by atoms with van der Waals surface area (Å²) in [5.41, 5.74) is 4.56. The van der Waals surface area contributed by atoms with Gasteiger partial charge in [-0.15, -0.1) is 11.3 Å². The van der Waals surface area contributed by atoms with Gasteiger partial charge >= 0.3 is 6.03 Å². The number of nitrogens with one attached hydrogen (secondary N) is 2. The topological polar surface area (TPSA) is 135 Å². The SMILES string of the molecule is C[C@@]1(c2cc3ccccc3o2)NC(=O)N(CC(=O)Nc2sccc2C(N)=O)C1=O. The zero-order chi connectivity index (χ0) is 20.8. The van der Waals surface area contributed by atoms with Gasteiger partial charge in [-0.25, -0.2) is 4.79 Å². The van der Waals surface area contributed by atoms with Crippen LogP contribution in [-0.2, 0) is 15.1 Å². The molecule has 1 saturated heterocycles. The van der Waals surface area contributed by atoms with Gasteiger partial charge in [0.05, 0.1) is 5.56 Å². The van der Waals surface area contributed by atoms with Gasteiger partial charge in [0.25, 0.3) is 11.8 Å². The van der Waals surface area contributed by atoms with Crippen LogP contribution in [0.1, 0.15) is 23.0 Å². The third-order valence-electron chi connectivity index (χ3n) is 4.68. The second kappa shape index (κ2) is 6.74. The van der Waals surface area contributed by atoms with Gasteiger partial charge in [-0.05, 0) is 30.5 Å². The second-order valence-corrected chi connectivity index (χ2v) is 7.59. The van der Waals surface area contributed by atoms with Crippen molar-refractivity contribution in [3.63, 3.8) is 0 Å². The first kappa shape index (κ1) is 18.7. The number of amides is 5. The number of fused-ring (bicyclic) bond motifs is 1. The summed E-state index contributed by atoms with van der Waals surface area (Å²) in [6.07, 6.45) is 0. The van der Waals surface area contributed by atoms with Crippen LogP contribution in [-0.4, -0.2) is 35.2 Å². The standard InChI is InChI=1S/C19H16N4O5S/c1-19(13-8-10-4-2-3-5-12(10)28-13)17(26)23(18(27)22-19)9-14(24)21-16-11(15(20)25)6-7-29-16/h2-8H,9H2,1H3,(H2,20,25)(H,21,24)(H,22,27)/t19-/m0/s1. The Bertz CT molecular complexity index is 1130. The van der Waals surface area contributed by atoms with Crippen molar-refractivity contribution in [2.24, 2.45) is 5.73 Å². The van der Waals surface area contributed by atoms with E-state index in [2.05, 4.69) is 10.6 Å². The first-order chi connectivity index (χ1) is 13.8. The molecule has 9 nitrogen and oxygen atoms in total. The molecule has 1 aliphatic rings. The van der Waals surface area contributed by atoms with Crippen LogP contribution in [0, 0.1) is 0 Å². The fourth-order valence-corrected chi connectivity index (χ4v) is 3.95. The molecule has 0 unspecified atom stereocenters. The number of thiophene rings is 1. The van der Waals surface area contributed by atoms with Crippen LogP contribution in [0.25, 0.3) is 11.0 Å². The Hall–Kier alpha value is -3.66. The minimum absolute atomic E-state index is 0.160. The van der Waals surface area contributed by atoms with Gasteiger partial charge in [-0.1, -0.05) is 18.2 Å². The van der Waals surface area contributed by atoms with Crippen LogP contribution in [0.4, 0.5) is 9.80 Å². The maximum absolute atomic E-state index is 13.0. The monoisotopic (exact) mass is 412 g/mol. The molecule has 0 saturated carbocycles. The molecular formula is C19H16N4O5S. The van der Waals surface area contributed by atoms with Crippen LogP contribution >= 0.6 is 11.3 Å². The third-order valence-corrected chi connectivity index (χ3v) is 5.51. The molecule has 2 aromatic heterocycles. The average Bonchev–Trinajstić information content (AvgIpc) is 3.36. The number of anilines is 1. The summed E-state index contributed by atoms with van der Waals surface area (Å²) >= 11 is 1.11. The largest absolute Gasteiger partial charge is 0.458 e. The predicted octanol–water partition coefficient (Wildman–Crippen LogP) is 2.00. The second-order valence-electron chi connectivity index (χ2n) is 6.67. The summed E-state index contributed by atoms with van der Waals surface area (Å²) in [4.78, 5) is 49.9. The number of carbonyl (C=O) groups excluding carboxylic acids is 4. The first-order valence-electron chi connectivity index (χ1n) is 8.60. The highest BCUT2D eigenvalue weighted by Gasteiger charge is 2.51. The number of rotatable bonds is 5. The van der Waals surface area contributed by atoms with Gasteiger partial charge in [0, 0.05) is 5.39 Å². The molecule has 3 heterocycles. The van der Waals surface area contributed by atoms with E-state index in [1.807, 2.05) is 12.1 Å². The zero-order valence-electron chi connectivity index (χ0n) is 15.2. The van der Waals surface area contributed by atoms with Crippen molar-refractivity contribution in [2.45, 2.75) is 12.5 Å². The molecule has 0 spiro atoms. The summed E-state index contributed by atoms with van der Waals surface area (Å²) in [7, 11) is 0. The van der Waals surface area contributed by atoms with E-state index in [-0.39, 0.29) is 16.3 Å². The molecule has 10 heteroatoms. The highest BCUT2D eigenvalue weighted by molar-refractivity contribution is 7.14. The summed E-state index contributed by atoms with van der Waals surface area (Å²) in [5, 5.41) is 7.75. The lowest BCUT2D eigenvalue weighted by Crippen LogP contribution is -2.41. The Morgan fingerprint density at radius 3 is 2.76 bits per heavy atom. The molecule has 3 aromatic rings. The summed E-state index contributed by atoms with van der Waals surface area (Å²) < 4.78 is 5.74. The predicted molar refractivity (Wildman–Crippen MR) is 105 cm³/mol. The summed E-state index contributed by atoms with van der Waals surface area (Å²) in [6, 6.07) is 9.67. The Morgan fingerprint density at radius 1 is 1.28 bits per heavy atom. The fourth-order valence-electron chi connectivity index (χ4n) is 3.15. The van der Waals surface area contributed by atoms with E-state index in [9.17, 15) is 19.2 Å². The Balaban J connectivity index is 1.54. The van der Waals surface area contributed by atoms with Crippen LogP contribution < -0.4 is 16.4 Å². The molecule has 5 amide bonds. The van der Waals surface area contributed by atoms with Crippen LogP contribution in [0.2, 0.25) is 0 Å². The number of para-hydroxylation sites is 1. The van der Waals surface area contributed by atoms with E-state index in [0.29, 0.717) is 5.58 Å². The Morgan fingerprint density at radius 2 is 2.03 bits per heavy atom. The molecule has 4 N–H and O–H groups in total. The maximum atomic E-state index is 13.0. The number of carbonyl (C=O) groups is 4. The summed E-state index contributed by atoms with van der Waals surface area (Å²) in [5.74, 6) is -1.66. The smallest absolute Gasteiger partial charge is 0.325 e. The number of urea groups is 1. The molecule has 1 atom stereocenters. The van der Waals surface area contributed by atoms with Crippen molar-refractivity contribution in [2.75, 3.05) is 11.9 Å². The first-order valence-corrected chi connectivity index (χ1v) is 9.48. The van der Waals surface area contributed by atoms with Gasteiger partial charge in [0.1, 0.15) is 22.9 Å². The molecule has 0 bridgehead atoms. The fraction of sp³-hybridized carbons (Fsp3) is 0.158. The van der Waals surface area contributed by atoms with Crippen molar-refractivity contribution >= 4 is 51.1 Å². The van der Waals surface area contributed by atoms with E-state index in [1.165, 1.54) is 13.0 Å². The highest BCUT2D eigenvalue weighted by atomic mass is 32.1. The lowest BCUT2D eigenvalue weighted by atomic mass is 9.99. The minimum Gasteiger partial charge on any atom is -0.458 e. The van der Waals surface area contributed by atoms with Gasteiger partial charge in [-0.3, -0.25) is 19.3 Å². The van der Waals surface area contributed by atoms with Crippen LogP contribution in [0.3, 0.4) is 0 Å². The van der Waals surface area contributed by atoms with Crippen molar-refractivity contribution in [3.8, 4) is 0 Å².